The summed E-state index contributed by atoms with van der Waals surface area (Å²) < 4.78 is 1.73. The first-order valence-corrected chi connectivity index (χ1v) is 12.1. The molecule has 2 fully saturated rings. The lowest BCUT2D eigenvalue weighted by Gasteiger charge is -2.17. The molecule has 1 aliphatic heterocycles. The smallest absolute Gasteiger partial charge is 0.252 e. The van der Waals surface area contributed by atoms with Gasteiger partial charge in [-0.05, 0) is 62.1 Å². The number of pyridine rings is 2. The molecular formula is C27H26N6O2. The highest BCUT2D eigenvalue weighted by Gasteiger charge is 2.29. The van der Waals surface area contributed by atoms with Gasteiger partial charge in [-0.3, -0.25) is 9.59 Å². The van der Waals surface area contributed by atoms with Crippen molar-refractivity contribution in [2.24, 2.45) is 0 Å². The van der Waals surface area contributed by atoms with Crippen molar-refractivity contribution in [2.75, 3.05) is 11.4 Å². The summed E-state index contributed by atoms with van der Waals surface area (Å²) in [5.74, 6) is 1.04. The SMILES string of the molecule is Cc1nn(-c2ccccn2)c2nc(C3CC3)cc(C(=O)NCc3cccc(N4CCCC4=O)c3)c12. The van der Waals surface area contributed by atoms with Crippen LogP contribution in [0.5, 0.6) is 0 Å². The van der Waals surface area contributed by atoms with Gasteiger partial charge in [0.25, 0.3) is 5.91 Å². The van der Waals surface area contributed by atoms with Gasteiger partial charge < -0.3 is 10.2 Å². The summed E-state index contributed by atoms with van der Waals surface area (Å²) in [5, 5.41) is 8.50. The monoisotopic (exact) mass is 466 g/mol. The minimum absolute atomic E-state index is 0.151. The Morgan fingerprint density at radius 3 is 2.77 bits per heavy atom. The Bertz CT molecular complexity index is 1440. The van der Waals surface area contributed by atoms with Gasteiger partial charge in [-0.2, -0.15) is 9.78 Å². The highest BCUT2D eigenvalue weighted by molar-refractivity contribution is 6.06. The molecule has 1 aliphatic carbocycles. The normalized spacial score (nSPS) is 15.7. The van der Waals surface area contributed by atoms with Gasteiger partial charge in [0.05, 0.1) is 16.6 Å². The summed E-state index contributed by atoms with van der Waals surface area (Å²) in [6.07, 6.45) is 5.36. The molecular weight excluding hydrogens is 440 g/mol. The topological polar surface area (TPSA) is 93.0 Å². The van der Waals surface area contributed by atoms with Crippen LogP contribution >= 0.6 is 0 Å². The number of aromatic nitrogens is 4. The number of amides is 2. The maximum atomic E-state index is 13.5. The van der Waals surface area contributed by atoms with Crippen molar-refractivity contribution in [3.63, 3.8) is 0 Å². The number of anilines is 1. The molecule has 0 atom stereocenters. The van der Waals surface area contributed by atoms with Crippen LogP contribution in [0, 0.1) is 6.92 Å². The molecule has 0 radical (unpaired) electrons. The van der Waals surface area contributed by atoms with E-state index in [-0.39, 0.29) is 11.8 Å². The molecule has 0 spiro atoms. The van der Waals surface area contributed by atoms with Crippen LogP contribution in [0.1, 0.15) is 58.9 Å². The Morgan fingerprint density at radius 2 is 2.03 bits per heavy atom. The zero-order valence-corrected chi connectivity index (χ0v) is 19.6. The van der Waals surface area contributed by atoms with Gasteiger partial charge in [-0.25, -0.2) is 9.97 Å². The van der Waals surface area contributed by atoms with Gasteiger partial charge in [0.15, 0.2) is 11.5 Å². The Hall–Kier alpha value is -4.07. The summed E-state index contributed by atoms with van der Waals surface area (Å²) in [6, 6.07) is 15.4. The van der Waals surface area contributed by atoms with E-state index in [9.17, 15) is 9.59 Å². The second-order valence-electron chi connectivity index (χ2n) is 9.25. The molecule has 35 heavy (non-hydrogen) atoms. The molecule has 1 saturated carbocycles. The number of hydrogen-bond acceptors (Lipinski definition) is 5. The second-order valence-corrected chi connectivity index (χ2v) is 9.25. The molecule has 8 nitrogen and oxygen atoms in total. The van der Waals surface area contributed by atoms with Crippen molar-refractivity contribution in [1.82, 2.24) is 25.1 Å². The molecule has 4 aromatic rings. The lowest BCUT2D eigenvalue weighted by molar-refractivity contribution is -0.117. The van der Waals surface area contributed by atoms with Crippen LogP contribution in [0.3, 0.4) is 0 Å². The summed E-state index contributed by atoms with van der Waals surface area (Å²) >= 11 is 0. The largest absolute Gasteiger partial charge is 0.348 e. The van der Waals surface area contributed by atoms with E-state index < -0.39 is 0 Å². The van der Waals surface area contributed by atoms with Crippen LogP contribution < -0.4 is 10.2 Å². The molecule has 1 aromatic carbocycles. The van der Waals surface area contributed by atoms with Crippen LogP contribution in [-0.2, 0) is 11.3 Å². The molecule has 2 aliphatic rings. The highest BCUT2D eigenvalue weighted by atomic mass is 16.2. The molecule has 4 heterocycles. The summed E-state index contributed by atoms with van der Waals surface area (Å²) in [6.45, 7) is 3.01. The highest BCUT2D eigenvalue weighted by Crippen LogP contribution is 2.40. The van der Waals surface area contributed by atoms with Gasteiger partial charge in [-0.15, -0.1) is 0 Å². The quantitative estimate of drug-likeness (QED) is 0.463. The van der Waals surface area contributed by atoms with Crippen molar-refractivity contribution in [3.05, 3.63) is 77.2 Å². The number of carbonyl (C=O) groups is 2. The standard InChI is InChI=1S/C27H26N6O2/c1-17-25-21(27(35)29-16-18-6-4-7-20(14-18)32-13-5-9-24(32)34)15-22(19-10-11-19)30-26(25)33(31-17)23-8-2-3-12-28-23/h2-4,6-8,12,14-15,19H,5,9-11,13,16H2,1H3,(H,29,35). The van der Waals surface area contributed by atoms with Crippen LogP contribution in [0.15, 0.2) is 54.7 Å². The third-order valence-electron chi connectivity index (χ3n) is 6.69. The minimum Gasteiger partial charge on any atom is -0.348 e. The Kier molecular flexibility index (Phi) is 5.28. The summed E-state index contributed by atoms with van der Waals surface area (Å²) in [5.41, 5.74) is 4.74. The predicted octanol–water partition coefficient (Wildman–Crippen LogP) is 4.06. The van der Waals surface area contributed by atoms with Crippen molar-refractivity contribution in [1.29, 1.82) is 0 Å². The average Bonchev–Trinajstić information content (AvgIpc) is 3.57. The average molecular weight is 467 g/mol. The van der Waals surface area contributed by atoms with Gasteiger partial charge in [-0.1, -0.05) is 18.2 Å². The molecule has 3 aromatic heterocycles. The number of hydrogen-bond donors (Lipinski definition) is 1. The lowest BCUT2D eigenvalue weighted by Crippen LogP contribution is -2.25. The molecule has 2 amide bonds. The van der Waals surface area contributed by atoms with E-state index in [2.05, 4.69) is 15.4 Å². The third-order valence-corrected chi connectivity index (χ3v) is 6.69. The first-order valence-electron chi connectivity index (χ1n) is 12.1. The Morgan fingerprint density at radius 1 is 1.14 bits per heavy atom. The zero-order chi connectivity index (χ0) is 23.9. The fourth-order valence-corrected chi connectivity index (χ4v) is 4.75. The van der Waals surface area contributed by atoms with Crippen LogP contribution in [0.25, 0.3) is 16.9 Å². The second kappa shape index (κ2) is 8.61. The zero-order valence-electron chi connectivity index (χ0n) is 19.6. The van der Waals surface area contributed by atoms with Gasteiger partial charge in [0.2, 0.25) is 5.91 Å². The van der Waals surface area contributed by atoms with Crippen molar-refractivity contribution in [2.45, 2.75) is 45.1 Å². The van der Waals surface area contributed by atoms with Crippen molar-refractivity contribution >= 4 is 28.5 Å². The van der Waals surface area contributed by atoms with E-state index in [1.165, 1.54) is 0 Å². The number of rotatable bonds is 6. The fourth-order valence-electron chi connectivity index (χ4n) is 4.75. The molecule has 176 valence electrons. The molecule has 1 N–H and O–H groups in total. The van der Waals surface area contributed by atoms with E-state index in [1.54, 1.807) is 10.9 Å². The van der Waals surface area contributed by atoms with E-state index >= 15 is 0 Å². The van der Waals surface area contributed by atoms with Crippen LogP contribution in [0.4, 0.5) is 5.69 Å². The minimum atomic E-state index is -0.161. The Balaban J connectivity index is 1.32. The number of fused-ring (bicyclic) bond motifs is 1. The maximum absolute atomic E-state index is 13.5. The summed E-state index contributed by atoms with van der Waals surface area (Å²) in [7, 11) is 0. The third kappa shape index (κ3) is 4.05. The Labute approximate surface area is 203 Å². The van der Waals surface area contributed by atoms with E-state index in [0.29, 0.717) is 35.9 Å². The lowest BCUT2D eigenvalue weighted by atomic mass is 10.1. The van der Waals surface area contributed by atoms with Gasteiger partial charge >= 0.3 is 0 Å². The van der Waals surface area contributed by atoms with Gasteiger partial charge in [0.1, 0.15) is 0 Å². The molecule has 6 rings (SSSR count). The number of carbonyl (C=O) groups excluding carboxylic acids is 2. The summed E-state index contributed by atoms with van der Waals surface area (Å²) in [4.78, 5) is 36.7. The molecule has 8 heteroatoms. The maximum Gasteiger partial charge on any atom is 0.252 e. The number of nitrogens with zero attached hydrogens (tertiary/aromatic N) is 5. The first-order chi connectivity index (χ1) is 17.1. The fraction of sp³-hybridized carbons (Fsp3) is 0.296. The van der Waals surface area contributed by atoms with E-state index in [4.69, 9.17) is 4.98 Å². The van der Waals surface area contributed by atoms with Crippen LogP contribution in [0.2, 0.25) is 0 Å². The number of nitrogens with one attached hydrogen (secondary N) is 1. The van der Waals surface area contributed by atoms with E-state index in [1.807, 2.05) is 60.4 Å². The van der Waals surface area contributed by atoms with Gasteiger partial charge in [0, 0.05) is 43.0 Å². The van der Waals surface area contributed by atoms with Crippen LogP contribution in [-0.4, -0.2) is 38.1 Å². The van der Waals surface area contributed by atoms with E-state index in [0.717, 1.165) is 53.8 Å². The first kappa shape index (κ1) is 21.5. The molecule has 0 unspecified atom stereocenters. The molecule has 0 bridgehead atoms. The molecule has 1 saturated heterocycles. The van der Waals surface area contributed by atoms with Crippen molar-refractivity contribution < 1.29 is 9.59 Å². The van der Waals surface area contributed by atoms with Crippen molar-refractivity contribution in [3.8, 4) is 5.82 Å². The number of benzene rings is 1. The number of aryl methyl sites for hydroxylation is 1. The predicted molar refractivity (Wildman–Crippen MR) is 133 cm³/mol.